The minimum absolute atomic E-state index is 0.0153. The summed E-state index contributed by atoms with van der Waals surface area (Å²) in [7, 11) is 0. The summed E-state index contributed by atoms with van der Waals surface area (Å²) in [5.41, 5.74) is 0.543. The highest BCUT2D eigenvalue weighted by Gasteiger charge is 2.09. The molecule has 1 aromatic rings. The van der Waals surface area contributed by atoms with Crippen molar-refractivity contribution in [1.29, 1.82) is 5.26 Å². The molecule has 80 valence electrons. The maximum Gasteiger partial charge on any atom is 0.136 e. The summed E-state index contributed by atoms with van der Waals surface area (Å²) in [5.74, 6) is -0.536. The van der Waals surface area contributed by atoms with Gasteiger partial charge in [0, 0.05) is 0 Å². The number of halogens is 1. The molecule has 1 aromatic carbocycles. The van der Waals surface area contributed by atoms with Gasteiger partial charge in [0.25, 0.3) is 0 Å². The number of nitrogens with zero attached hydrogens (tertiary/aromatic N) is 1. The van der Waals surface area contributed by atoms with E-state index in [0.29, 0.717) is 12.0 Å². The Morgan fingerprint density at radius 2 is 2.13 bits per heavy atom. The first-order valence-corrected chi connectivity index (χ1v) is 5.10. The summed E-state index contributed by atoms with van der Waals surface area (Å²) in [5, 5.41) is 18.3. The molecule has 0 saturated heterocycles. The molecular weight excluding hydrogens is 193 g/mol. The summed E-state index contributed by atoms with van der Waals surface area (Å²) >= 11 is 0. The number of hydrogen-bond donors (Lipinski definition) is 1. The second-order valence-corrected chi connectivity index (χ2v) is 3.53. The molecule has 0 atom stereocenters. The number of benzene rings is 1. The Balaban J connectivity index is 2.88. The normalized spacial score (nSPS) is 9.93. The maximum absolute atomic E-state index is 13.0. The van der Waals surface area contributed by atoms with E-state index < -0.39 is 5.82 Å². The van der Waals surface area contributed by atoms with E-state index in [4.69, 9.17) is 5.26 Å². The van der Waals surface area contributed by atoms with Crippen LogP contribution in [-0.4, -0.2) is 5.11 Å². The molecule has 0 radical (unpaired) electrons. The Labute approximate surface area is 89.0 Å². The van der Waals surface area contributed by atoms with E-state index in [1.54, 1.807) is 6.07 Å². The van der Waals surface area contributed by atoms with Crippen molar-refractivity contribution in [2.75, 3.05) is 0 Å². The van der Waals surface area contributed by atoms with E-state index in [9.17, 15) is 9.50 Å². The number of aryl methyl sites for hydroxylation is 1. The van der Waals surface area contributed by atoms with Gasteiger partial charge < -0.3 is 5.11 Å². The van der Waals surface area contributed by atoms with Crippen molar-refractivity contribution in [1.82, 2.24) is 0 Å². The molecule has 0 amide bonds. The second-order valence-electron chi connectivity index (χ2n) is 3.53. The molecule has 0 saturated carbocycles. The Hall–Kier alpha value is -1.56. The molecule has 0 aliphatic rings. The van der Waals surface area contributed by atoms with Crippen LogP contribution in [0.3, 0.4) is 0 Å². The summed E-state index contributed by atoms with van der Waals surface area (Å²) in [6.45, 7) is 2.08. The predicted octanol–water partition coefficient (Wildman–Crippen LogP) is 3.14. The van der Waals surface area contributed by atoms with E-state index in [1.807, 2.05) is 0 Å². The van der Waals surface area contributed by atoms with E-state index in [-0.39, 0.29) is 11.3 Å². The highest BCUT2D eigenvalue weighted by Crippen LogP contribution is 2.25. The first-order valence-electron chi connectivity index (χ1n) is 5.10. The minimum Gasteiger partial charge on any atom is -0.506 e. The Morgan fingerprint density at radius 3 is 2.73 bits per heavy atom. The molecule has 1 N–H and O–H groups in total. The van der Waals surface area contributed by atoms with Crippen LogP contribution < -0.4 is 0 Å². The molecule has 0 bridgehead atoms. The lowest BCUT2D eigenvalue weighted by molar-refractivity contribution is 0.462. The molecule has 0 aliphatic heterocycles. The van der Waals surface area contributed by atoms with Crippen molar-refractivity contribution in [3.05, 3.63) is 29.1 Å². The average Bonchev–Trinajstić information content (AvgIpc) is 2.23. The van der Waals surface area contributed by atoms with Gasteiger partial charge in [-0.1, -0.05) is 19.8 Å². The van der Waals surface area contributed by atoms with Crippen molar-refractivity contribution in [3.8, 4) is 11.8 Å². The van der Waals surface area contributed by atoms with E-state index >= 15 is 0 Å². The van der Waals surface area contributed by atoms with Gasteiger partial charge in [-0.2, -0.15) is 5.26 Å². The Morgan fingerprint density at radius 1 is 1.40 bits per heavy atom. The third kappa shape index (κ3) is 2.95. The molecule has 1 rings (SSSR count). The average molecular weight is 207 g/mol. The van der Waals surface area contributed by atoms with Crippen LogP contribution >= 0.6 is 0 Å². The third-order valence-electron chi connectivity index (χ3n) is 2.32. The van der Waals surface area contributed by atoms with Crippen LogP contribution in [0.25, 0.3) is 0 Å². The fourth-order valence-corrected chi connectivity index (χ4v) is 1.50. The van der Waals surface area contributed by atoms with Gasteiger partial charge in [0.2, 0.25) is 0 Å². The van der Waals surface area contributed by atoms with Crippen LogP contribution in [-0.2, 0) is 6.42 Å². The first kappa shape index (κ1) is 11.5. The minimum atomic E-state index is -0.462. The number of hydrogen-bond acceptors (Lipinski definition) is 2. The smallest absolute Gasteiger partial charge is 0.136 e. The van der Waals surface area contributed by atoms with E-state index in [1.165, 1.54) is 6.07 Å². The number of aromatic hydroxyl groups is 1. The third-order valence-corrected chi connectivity index (χ3v) is 2.32. The molecule has 0 unspecified atom stereocenters. The first-order chi connectivity index (χ1) is 7.19. The van der Waals surface area contributed by atoms with Crippen LogP contribution in [0.15, 0.2) is 12.1 Å². The molecule has 0 fully saturated rings. The molecule has 0 aliphatic carbocycles. The summed E-state index contributed by atoms with van der Waals surface area (Å²) in [6.07, 6.45) is 3.63. The predicted molar refractivity (Wildman–Crippen MR) is 56.0 cm³/mol. The van der Waals surface area contributed by atoms with Gasteiger partial charge in [0.05, 0.1) is 5.56 Å². The topological polar surface area (TPSA) is 44.0 Å². The zero-order valence-electron chi connectivity index (χ0n) is 8.76. The number of phenolic OH excluding ortho intramolecular Hbond substituents is 1. The Kier molecular flexibility index (Phi) is 4.11. The van der Waals surface area contributed by atoms with Gasteiger partial charge >= 0.3 is 0 Å². The highest BCUT2D eigenvalue weighted by molar-refractivity contribution is 5.47. The number of phenols is 1. The zero-order valence-corrected chi connectivity index (χ0v) is 8.76. The lowest BCUT2D eigenvalue weighted by Gasteiger charge is -2.05. The van der Waals surface area contributed by atoms with Crippen molar-refractivity contribution < 1.29 is 9.50 Å². The van der Waals surface area contributed by atoms with Gasteiger partial charge in [0.1, 0.15) is 17.6 Å². The maximum atomic E-state index is 13.0. The van der Waals surface area contributed by atoms with Crippen LogP contribution in [0.5, 0.6) is 5.75 Å². The van der Waals surface area contributed by atoms with Crippen LogP contribution in [0.1, 0.15) is 37.3 Å². The Bertz CT molecular complexity index is 382. The van der Waals surface area contributed by atoms with Crippen molar-refractivity contribution in [2.24, 2.45) is 0 Å². The van der Waals surface area contributed by atoms with E-state index in [0.717, 1.165) is 25.3 Å². The fourth-order valence-electron chi connectivity index (χ4n) is 1.50. The number of nitriles is 1. The highest BCUT2D eigenvalue weighted by atomic mass is 19.1. The van der Waals surface area contributed by atoms with Crippen LogP contribution in [0.2, 0.25) is 0 Å². The standard InChI is InChI=1S/C12H14FNO/c1-2-3-4-5-9-6-11(13)7-10(8-14)12(9)15/h6-7,15H,2-5H2,1H3. The monoisotopic (exact) mass is 207 g/mol. The lowest BCUT2D eigenvalue weighted by Crippen LogP contribution is -1.91. The van der Waals surface area contributed by atoms with Crippen molar-refractivity contribution in [3.63, 3.8) is 0 Å². The van der Waals surface area contributed by atoms with Gasteiger partial charge in [0.15, 0.2) is 0 Å². The van der Waals surface area contributed by atoms with Crippen molar-refractivity contribution >= 4 is 0 Å². The molecule has 3 heteroatoms. The quantitative estimate of drug-likeness (QED) is 0.771. The van der Waals surface area contributed by atoms with Gasteiger partial charge in [-0.3, -0.25) is 0 Å². The largest absolute Gasteiger partial charge is 0.506 e. The van der Waals surface area contributed by atoms with Gasteiger partial charge in [-0.25, -0.2) is 4.39 Å². The SMILES string of the molecule is CCCCCc1cc(F)cc(C#N)c1O. The molecule has 15 heavy (non-hydrogen) atoms. The summed E-state index contributed by atoms with van der Waals surface area (Å²) in [6, 6.07) is 4.13. The number of unbranched alkanes of at least 4 members (excludes halogenated alkanes) is 2. The van der Waals surface area contributed by atoms with Gasteiger partial charge in [-0.15, -0.1) is 0 Å². The number of rotatable bonds is 4. The molecule has 2 nitrogen and oxygen atoms in total. The molecule has 0 heterocycles. The van der Waals surface area contributed by atoms with Gasteiger partial charge in [-0.05, 0) is 30.5 Å². The van der Waals surface area contributed by atoms with Crippen molar-refractivity contribution in [2.45, 2.75) is 32.6 Å². The van der Waals surface area contributed by atoms with E-state index in [2.05, 4.69) is 6.92 Å². The molecule has 0 aromatic heterocycles. The summed E-state index contributed by atoms with van der Waals surface area (Å²) in [4.78, 5) is 0. The summed E-state index contributed by atoms with van der Waals surface area (Å²) < 4.78 is 13.0. The molecular formula is C12H14FNO. The van der Waals surface area contributed by atoms with Crippen LogP contribution in [0.4, 0.5) is 4.39 Å². The fraction of sp³-hybridized carbons (Fsp3) is 0.417. The molecule has 0 spiro atoms. The van der Waals surface area contributed by atoms with Crippen LogP contribution in [0, 0.1) is 17.1 Å². The second kappa shape index (κ2) is 5.35. The lowest BCUT2D eigenvalue weighted by atomic mass is 10.0. The zero-order chi connectivity index (χ0) is 11.3.